The van der Waals surface area contributed by atoms with Gasteiger partial charge < -0.3 is 5.11 Å². The maximum Gasteiger partial charge on any atom is 0.102 e. The van der Waals surface area contributed by atoms with Gasteiger partial charge in [-0.05, 0) is 30.7 Å². The van der Waals surface area contributed by atoms with E-state index in [2.05, 4.69) is 29.0 Å². The zero-order valence-electron chi connectivity index (χ0n) is 11.3. The molecule has 20 heavy (non-hydrogen) atoms. The van der Waals surface area contributed by atoms with Gasteiger partial charge >= 0.3 is 0 Å². The van der Waals surface area contributed by atoms with Gasteiger partial charge in [-0.25, -0.2) is 4.98 Å². The molecule has 0 saturated heterocycles. The number of hydrogen-bond donors (Lipinski definition) is 1. The molecule has 0 saturated carbocycles. The Labute approximate surface area is 122 Å². The highest BCUT2D eigenvalue weighted by Crippen LogP contribution is 2.23. The lowest BCUT2D eigenvalue weighted by molar-refractivity contribution is 0.174. The molecule has 1 unspecified atom stereocenters. The minimum absolute atomic E-state index is 0.595. The average molecular weight is 284 g/mol. The predicted molar refractivity (Wildman–Crippen MR) is 81.9 cm³/mol. The number of nitrogens with zero attached hydrogens (tertiary/aromatic N) is 2. The molecular weight excluding hydrogens is 268 g/mol. The van der Waals surface area contributed by atoms with Crippen molar-refractivity contribution in [2.45, 2.75) is 25.9 Å². The molecule has 0 aliphatic carbocycles. The van der Waals surface area contributed by atoms with Gasteiger partial charge in [-0.1, -0.05) is 19.1 Å². The molecule has 1 atom stereocenters. The van der Waals surface area contributed by atoms with Gasteiger partial charge in [0.1, 0.15) is 6.10 Å². The summed E-state index contributed by atoms with van der Waals surface area (Å²) in [4.78, 5) is 11.4. The van der Waals surface area contributed by atoms with Crippen LogP contribution in [0.5, 0.6) is 0 Å². The zero-order valence-corrected chi connectivity index (χ0v) is 12.1. The number of aliphatic hydroxyl groups is 1. The largest absolute Gasteiger partial charge is 0.386 e. The van der Waals surface area contributed by atoms with Gasteiger partial charge in [0.05, 0.1) is 22.9 Å². The fraction of sp³-hybridized carbons (Fsp3) is 0.250. The molecule has 3 rings (SSSR count). The Bertz CT molecular complexity index is 723. The maximum absolute atomic E-state index is 10.3. The second kappa shape index (κ2) is 5.69. The summed E-state index contributed by atoms with van der Waals surface area (Å²) in [5.41, 5.74) is 2.31. The SMILES string of the molecule is CCc1ccc(CC(O)c2cnc3ccccc3n2)s1. The monoisotopic (exact) mass is 284 g/mol. The van der Waals surface area contributed by atoms with Crippen molar-refractivity contribution in [2.24, 2.45) is 0 Å². The summed E-state index contributed by atoms with van der Waals surface area (Å²) in [6.07, 6.45) is 2.70. The van der Waals surface area contributed by atoms with Crippen LogP contribution >= 0.6 is 11.3 Å². The number of para-hydroxylation sites is 2. The van der Waals surface area contributed by atoms with Gasteiger partial charge in [0.15, 0.2) is 0 Å². The second-order valence-corrected chi connectivity index (χ2v) is 5.98. The van der Waals surface area contributed by atoms with E-state index in [4.69, 9.17) is 0 Å². The van der Waals surface area contributed by atoms with Crippen LogP contribution in [0.25, 0.3) is 11.0 Å². The highest BCUT2D eigenvalue weighted by molar-refractivity contribution is 7.11. The van der Waals surface area contributed by atoms with Gasteiger partial charge in [-0.3, -0.25) is 4.98 Å². The Morgan fingerprint density at radius 2 is 1.85 bits per heavy atom. The highest BCUT2D eigenvalue weighted by Gasteiger charge is 2.12. The Morgan fingerprint density at radius 3 is 2.60 bits per heavy atom. The lowest BCUT2D eigenvalue weighted by Gasteiger charge is -2.09. The summed E-state index contributed by atoms with van der Waals surface area (Å²) in [6.45, 7) is 2.14. The molecule has 1 N–H and O–H groups in total. The van der Waals surface area contributed by atoms with Gasteiger partial charge in [0.25, 0.3) is 0 Å². The molecular formula is C16H16N2OS. The number of aliphatic hydroxyl groups excluding tert-OH is 1. The van der Waals surface area contributed by atoms with Gasteiger partial charge in [0.2, 0.25) is 0 Å². The molecule has 0 spiro atoms. The number of hydrogen-bond acceptors (Lipinski definition) is 4. The maximum atomic E-state index is 10.3. The summed E-state index contributed by atoms with van der Waals surface area (Å²) >= 11 is 1.75. The fourth-order valence-electron chi connectivity index (χ4n) is 2.15. The van der Waals surface area contributed by atoms with Gasteiger partial charge in [0, 0.05) is 16.2 Å². The molecule has 3 aromatic rings. The van der Waals surface area contributed by atoms with Crippen LogP contribution in [0.1, 0.15) is 28.5 Å². The van der Waals surface area contributed by atoms with Crippen molar-refractivity contribution in [3.8, 4) is 0 Å². The standard InChI is InChI=1S/C16H16N2OS/c1-2-11-7-8-12(20-11)9-16(19)15-10-17-13-5-3-4-6-14(13)18-15/h3-8,10,16,19H,2,9H2,1H3. The molecule has 0 radical (unpaired) electrons. The number of thiophene rings is 1. The molecule has 1 aromatic carbocycles. The van der Waals surface area contributed by atoms with E-state index in [0.29, 0.717) is 12.1 Å². The topological polar surface area (TPSA) is 46.0 Å². The summed E-state index contributed by atoms with van der Waals surface area (Å²) < 4.78 is 0. The van der Waals surface area contributed by atoms with Crippen molar-refractivity contribution in [3.63, 3.8) is 0 Å². The van der Waals surface area contributed by atoms with Crippen LogP contribution in [0, 0.1) is 0 Å². The first-order valence-electron chi connectivity index (χ1n) is 6.73. The molecule has 102 valence electrons. The van der Waals surface area contributed by atoms with Crippen molar-refractivity contribution in [2.75, 3.05) is 0 Å². The normalized spacial score (nSPS) is 12.7. The number of aromatic nitrogens is 2. The molecule has 2 aromatic heterocycles. The van der Waals surface area contributed by atoms with E-state index < -0.39 is 6.10 Å². The number of rotatable bonds is 4. The fourth-order valence-corrected chi connectivity index (χ4v) is 3.14. The Kier molecular flexibility index (Phi) is 3.76. The Morgan fingerprint density at radius 1 is 1.10 bits per heavy atom. The van der Waals surface area contributed by atoms with E-state index in [0.717, 1.165) is 17.5 Å². The molecule has 0 bridgehead atoms. The lowest BCUT2D eigenvalue weighted by atomic mass is 10.1. The molecule has 3 nitrogen and oxygen atoms in total. The van der Waals surface area contributed by atoms with E-state index in [-0.39, 0.29) is 0 Å². The van der Waals surface area contributed by atoms with Crippen LogP contribution in [0.3, 0.4) is 0 Å². The van der Waals surface area contributed by atoms with Crippen LogP contribution in [0.4, 0.5) is 0 Å². The number of benzene rings is 1. The van der Waals surface area contributed by atoms with Crippen LogP contribution < -0.4 is 0 Å². The van der Waals surface area contributed by atoms with E-state index in [9.17, 15) is 5.11 Å². The van der Waals surface area contributed by atoms with Gasteiger partial charge in [-0.2, -0.15) is 0 Å². The number of aryl methyl sites for hydroxylation is 1. The summed E-state index contributed by atoms with van der Waals surface area (Å²) in [5, 5.41) is 10.3. The zero-order chi connectivity index (χ0) is 13.9. The highest BCUT2D eigenvalue weighted by atomic mass is 32.1. The van der Waals surface area contributed by atoms with Crippen LogP contribution in [0.2, 0.25) is 0 Å². The third-order valence-corrected chi connectivity index (χ3v) is 4.52. The second-order valence-electron chi connectivity index (χ2n) is 4.73. The Balaban J connectivity index is 1.82. The van der Waals surface area contributed by atoms with E-state index in [1.54, 1.807) is 17.5 Å². The van der Waals surface area contributed by atoms with Crippen LogP contribution in [-0.2, 0) is 12.8 Å². The summed E-state index contributed by atoms with van der Waals surface area (Å²) in [5.74, 6) is 0. The molecule has 0 aliphatic heterocycles. The van der Waals surface area contributed by atoms with Crippen molar-refractivity contribution >= 4 is 22.4 Å². The van der Waals surface area contributed by atoms with Crippen molar-refractivity contribution in [1.29, 1.82) is 0 Å². The first-order valence-corrected chi connectivity index (χ1v) is 7.55. The summed E-state index contributed by atoms with van der Waals surface area (Å²) in [6, 6.07) is 11.9. The third-order valence-electron chi connectivity index (χ3n) is 3.27. The lowest BCUT2D eigenvalue weighted by Crippen LogP contribution is -2.04. The minimum Gasteiger partial charge on any atom is -0.386 e. The molecule has 0 fully saturated rings. The van der Waals surface area contributed by atoms with Crippen LogP contribution in [0.15, 0.2) is 42.6 Å². The first kappa shape index (κ1) is 13.2. The van der Waals surface area contributed by atoms with E-state index in [1.807, 2.05) is 24.3 Å². The van der Waals surface area contributed by atoms with Crippen molar-refractivity contribution < 1.29 is 5.11 Å². The third kappa shape index (κ3) is 2.71. The van der Waals surface area contributed by atoms with Crippen LogP contribution in [-0.4, -0.2) is 15.1 Å². The first-order chi connectivity index (χ1) is 9.76. The quantitative estimate of drug-likeness (QED) is 0.797. The Hall–Kier alpha value is -1.78. The van der Waals surface area contributed by atoms with Crippen molar-refractivity contribution in [3.05, 3.63) is 58.0 Å². The molecule has 0 aliphatic rings. The minimum atomic E-state index is -0.601. The molecule has 4 heteroatoms. The molecule has 2 heterocycles. The summed E-state index contributed by atoms with van der Waals surface area (Å²) in [7, 11) is 0. The molecule has 0 amide bonds. The smallest absolute Gasteiger partial charge is 0.102 e. The van der Waals surface area contributed by atoms with Crippen molar-refractivity contribution in [1.82, 2.24) is 9.97 Å². The predicted octanol–water partition coefficient (Wildman–Crippen LogP) is 3.53. The van der Waals surface area contributed by atoms with E-state index in [1.165, 1.54) is 9.75 Å². The van der Waals surface area contributed by atoms with Gasteiger partial charge in [-0.15, -0.1) is 11.3 Å². The van der Waals surface area contributed by atoms with E-state index >= 15 is 0 Å². The number of fused-ring (bicyclic) bond motifs is 1. The average Bonchev–Trinajstić information content (AvgIpc) is 2.94.